The Kier molecular flexibility index (Phi) is 11.3. The largest absolute Gasteiger partial charge is 0.508 e. The summed E-state index contributed by atoms with van der Waals surface area (Å²) in [4.78, 5) is 58.0. The summed E-state index contributed by atoms with van der Waals surface area (Å²) in [7, 11) is 0. The van der Waals surface area contributed by atoms with Crippen LogP contribution in [0.25, 0.3) is 0 Å². The smallest absolute Gasteiger partial charge is 0.326 e. The van der Waals surface area contributed by atoms with Crippen molar-refractivity contribution in [2.75, 3.05) is 0 Å². The number of aromatic hydroxyl groups is 1. The SMILES string of the molecule is CCC(C)C(N)C(=O)NC(Cc1cnc[nH]1)C(=O)NC(Cc1ccc(O)cc1)C(=O)NC(C(=O)O)C(C)C. The third-order valence-electron chi connectivity index (χ3n) is 6.41. The van der Waals surface area contributed by atoms with Crippen LogP contribution < -0.4 is 21.7 Å². The minimum Gasteiger partial charge on any atom is -0.508 e. The van der Waals surface area contributed by atoms with Gasteiger partial charge in [0.25, 0.3) is 0 Å². The summed E-state index contributed by atoms with van der Waals surface area (Å²) in [6.45, 7) is 7.05. The number of carbonyl (C=O) groups excluding carboxylic acids is 3. The van der Waals surface area contributed by atoms with E-state index in [1.54, 1.807) is 26.0 Å². The second-order valence-electron chi connectivity index (χ2n) is 9.75. The van der Waals surface area contributed by atoms with Crippen molar-refractivity contribution in [3.8, 4) is 5.75 Å². The highest BCUT2D eigenvalue weighted by Crippen LogP contribution is 2.13. The summed E-state index contributed by atoms with van der Waals surface area (Å²) in [5, 5.41) is 27.0. The Bertz CT molecular complexity index is 1070. The van der Waals surface area contributed by atoms with E-state index < -0.39 is 53.8 Å². The van der Waals surface area contributed by atoms with Crippen molar-refractivity contribution in [3.05, 3.63) is 48.0 Å². The molecule has 8 N–H and O–H groups in total. The van der Waals surface area contributed by atoms with Crippen LogP contribution in [0, 0.1) is 11.8 Å². The minimum absolute atomic E-state index is 0.0133. The second-order valence-corrected chi connectivity index (χ2v) is 9.75. The van der Waals surface area contributed by atoms with Gasteiger partial charge in [0, 0.05) is 24.7 Å². The number of aromatic amines is 1. The lowest BCUT2D eigenvalue weighted by Gasteiger charge is -2.26. The molecule has 0 aliphatic rings. The van der Waals surface area contributed by atoms with Crippen LogP contribution in [0.4, 0.5) is 0 Å². The van der Waals surface area contributed by atoms with Crippen LogP contribution in [0.1, 0.15) is 45.4 Å². The van der Waals surface area contributed by atoms with Crippen LogP contribution in [0.5, 0.6) is 5.75 Å². The molecule has 208 valence electrons. The van der Waals surface area contributed by atoms with Gasteiger partial charge in [0.05, 0.1) is 12.4 Å². The minimum atomic E-state index is -1.20. The Morgan fingerprint density at radius 2 is 1.53 bits per heavy atom. The molecule has 38 heavy (non-hydrogen) atoms. The number of benzene rings is 1. The number of H-pyrrole nitrogens is 1. The molecule has 5 atom stereocenters. The van der Waals surface area contributed by atoms with E-state index in [2.05, 4.69) is 25.9 Å². The Labute approximate surface area is 221 Å². The summed E-state index contributed by atoms with van der Waals surface area (Å²) in [6, 6.07) is 1.80. The van der Waals surface area contributed by atoms with Crippen molar-refractivity contribution in [2.24, 2.45) is 17.6 Å². The first-order chi connectivity index (χ1) is 17.9. The Morgan fingerprint density at radius 3 is 2.05 bits per heavy atom. The zero-order valence-electron chi connectivity index (χ0n) is 22.1. The number of aliphatic carboxylic acids is 1. The highest BCUT2D eigenvalue weighted by atomic mass is 16.4. The third kappa shape index (κ3) is 8.87. The number of amides is 3. The van der Waals surface area contributed by atoms with Gasteiger partial charge in [-0.25, -0.2) is 9.78 Å². The van der Waals surface area contributed by atoms with Crippen molar-refractivity contribution in [1.29, 1.82) is 0 Å². The zero-order valence-corrected chi connectivity index (χ0v) is 22.1. The molecule has 0 aliphatic heterocycles. The highest BCUT2D eigenvalue weighted by Gasteiger charge is 2.32. The van der Waals surface area contributed by atoms with Crippen molar-refractivity contribution in [3.63, 3.8) is 0 Å². The topological polar surface area (TPSA) is 200 Å². The molecule has 1 aromatic carbocycles. The standard InChI is InChI=1S/C26H38N6O6/c1-5-15(4)21(27)25(36)31-20(11-17-12-28-13-29-17)23(34)30-19(10-16-6-8-18(33)9-7-16)24(35)32-22(14(2)3)26(37)38/h6-9,12-15,19-22,33H,5,10-11,27H2,1-4H3,(H,28,29)(H,30,34)(H,31,36)(H,32,35)(H,37,38). The van der Waals surface area contributed by atoms with Gasteiger partial charge in [-0.05, 0) is 29.5 Å². The van der Waals surface area contributed by atoms with Crippen LogP contribution in [0.2, 0.25) is 0 Å². The van der Waals surface area contributed by atoms with Gasteiger partial charge < -0.3 is 36.9 Å². The van der Waals surface area contributed by atoms with Gasteiger partial charge in [0.1, 0.15) is 23.9 Å². The number of carboxylic acids is 1. The first-order valence-corrected chi connectivity index (χ1v) is 12.6. The lowest BCUT2D eigenvalue weighted by molar-refractivity contribution is -0.143. The number of imidazole rings is 1. The van der Waals surface area contributed by atoms with Crippen LogP contribution in [0.15, 0.2) is 36.8 Å². The zero-order chi connectivity index (χ0) is 28.4. The van der Waals surface area contributed by atoms with Crippen molar-refractivity contribution in [2.45, 2.75) is 71.1 Å². The average molecular weight is 531 g/mol. The molecule has 0 bridgehead atoms. The van der Waals surface area contributed by atoms with Gasteiger partial charge in [-0.3, -0.25) is 14.4 Å². The monoisotopic (exact) mass is 530 g/mol. The van der Waals surface area contributed by atoms with E-state index in [0.29, 0.717) is 17.7 Å². The summed E-state index contributed by atoms with van der Waals surface area (Å²) >= 11 is 0. The molecular weight excluding hydrogens is 492 g/mol. The molecule has 0 spiro atoms. The summed E-state index contributed by atoms with van der Waals surface area (Å²) in [5.74, 6) is -3.56. The van der Waals surface area contributed by atoms with E-state index in [1.165, 1.54) is 24.7 Å². The maximum absolute atomic E-state index is 13.4. The van der Waals surface area contributed by atoms with Crippen LogP contribution in [-0.4, -0.2) is 68.0 Å². The molecule has 3 amide bonds. The summed E-state index contributed by atoms with van der Waals surface area (Å²) in [5.41, 5.74) is 7.26. The number of phenolic OH excluding ortho intramolecular Hbond substituents is 1. The highest BCUT2D eigenvalue weighted by molar-refractivity contribution is 5.94. The maximum atomic E-state index is 13.4. The normalized spacial score (nSPS) is 15.1. The van der Waals surface area contributed by atoms with Gasteiger partial charge >= 0.3 is 5.97 Å². The van der Waals surface area contributed by atoms with E-state index in [4.69, 9.17) is 5.73 Å². The lowest BCUT2D eigenvalue weighted by Crippen LogP contribution is -2.59. The molecule has 0 radical (unpaired) electrons. The fourth-order valence-electron chi connectivity index (χ4n) is 3.72. The fraction of sp³-hybridized carbons (Fsp3) is 0.500. The Balaban J connectivity index is 2.31. The number of hydrogen-bond donors (Lipinski definition) is 7. The first-order valence-electron chi connectivity index (χ1n) is 12.6. The molecule has 0 aliphatic carbocycles. The van der Waals surface area contributed by atoms with Crippen LogP contribution >= 0.6 is 0 Å². The molecule has 0 saturated heterocycles. The first kappa shape index (κ1) is 30.3. The predicted molar refractivity (Wildman–Crippen MR) is 140 cm³/mol. The number of carboxylic acid groups (broad SMARTS) is 1. The van der Waals surface area contributed by atoms with E-state index in [1.807, 2.05) is 13.8 Å². The molecule has 5 unspecified atom stereocenters. The van der Waals surface area contributed by atoms with Gasteiger partial charge in [0.15, 0.2) is 0 Å². The molecule has 1 aromatic heterocycles. The number of nitrogens with two attached hydrogens (primary N) is 1. The molecule has 12 heteroatoms. The molecule has 1 heterocycles. The van der Waals surface area contributed by atoms with E-state index >= 15 is 0 Å². The summed E-state index contributed by atoms with van der Waals surface area (Å²) in [6.07, 6.45) is 3.70. The number of phenols is 1. The maximum Gasteiger partial charge on any atom is 0.326 e. The van der Waals surface area contributed by atoms with Crippen molar-refractivity contribution in [1.82, 2.24) is 25.9 Å². The fourth-order valence-corrected chi connectivity index (χ4v) is 3.72. The van der Waals surface area contributed by atoms with Crippen molar-refractivity contribution < 1.29 is 29.4 Å². The Morgan fingerprint density at radius 1 is 0.947 bits per heavy atom. The lowest BCUT2D eigenvalue weighted by atomic mass is 9.98. The molecule has 2 rings (SSSR count). The molecule has 0 saturated carbocycles. The average Bonchev–Trinajstić information content (AvgIpc) is 3.39. The number of rotatable bonds is 14. The number of nitrogens with zero attached hydrogens (tertiary/aromatic N) is 1. The quantitative estimate of drug-likeness (QED) is 0.183. The van der Waals surface area contributed by atoms with Crippen molar-refractivity contribution >= 4 is 23.7 Å². The number of carbonyl (C=O) groups is 4. The molecule has 2 aromatic rings. The summed E-state index contributed by atoms with van der Waals surface area (Å²) < 4.78 is 0. The molecular formula is C26H38N6O6. The number of hydrogen-bond acceptors (Lipinski definition) is 7. The predicted octanol–water partition coefficient (Wildman–Crippen LogP) is 0.469. The van der Waals surface area contributed by atoms with E-state index in [-0.39, 0.29) is 24.5 Å². The Hall–Kier alpha value is -3.93. The number of nitrogens with one attached hydrogen (secondary N) is 4. The van der Waals surface area contributed by atoms with Gasteiger partial charge in [0.2, 0.25) is 17.7 Å². The molecule has 0 fully saturated rings. The van der Waals surface area contributed by atoms with Gasteiger partial charge in [-0.15, -0.1) is 0 Å². The third-order valence-corrected chi connectivity index (χ3v) is 6.41. The van der Waals surface area contributed by atoms with Gasteiger partial charge in [-0.1, -0.05) is 46.2 Å². The van der Waals surface area contributed by atoms with E-state index in [9.17, 15) is 29.4 Å². The van der Waals surface area contributed by atoms with Crippen LogP contribution in [0.3, 0.4) is 0 Å². The van der Waals surface area contributed by atoms with E-state index in [0.717, 1.165) is 0 Å². The second kappa shape index (κ2) is 14.1. The van der Waals surface area contributed by atoms with Crippen LogP contribution in [-0.2, 0) is 32.0 Å². The number of aromatic nitrogens is 2. The van der Waals surface area contributed by atoms with Gasteiger partial charge in [-0.2, -0.15) is 0 Å². The molecule has 12 nitrogen and oxygen atoms in total.